The minimum atomic E-state index is -0.281. The lowest BCUT2D eigenvalue weighted by Crippen LogP contribution is -2.12. The molecule has 0 atom stereocenters. The molecule has 1 amide bonds. The molecular formula is C17H15ClN4OS. The quantitative estimate of drug-likeness (QED) is 0.702. The van der Waals surface area contributed by atoms with Crippen LogP contribution in [-0.2, 0) is 0 Å². The third kappa shape index (κ3) is 3.90. The number of aromatic nitrogens is 2. The molecule has 0 aliphatic heterocycles. The summed E-state index contributed by atoms with van der Waals surface area (Å²) < 4.78 is 0. The van der Waals surface area contributed by atoms with Gasteiger partial charge in [0.2, 0.25) is 0 Å². The summed E-state index contributed by atoms with van der Waals surface area (Å²) in [6.07, 6.45) is 0. The Bertz CT molecular complexity index is 894. The maximum Gasteiger partial charge on any atom is 0.275 e. The van der Waals surface area contributed by atoms with E-state index >= 15 is 0 Å². The predicted molar refractivity (Wildman–Crippen MR) is 98.5 cm³/mol. The predicted octanol–water partition coefficient (Wildman–Crippen LogP) is 4.80. The molecule has 7 heteroatoms. The lowest BCUT2D eigenvalue weighted by molar-refractivity contribution is 0.102. The molecule has 3 rings (SSSR count). The van der Waals surface area contributed by atoms with Crippen LogP contribution < -0.4 is 10.6 Å². The van der Waals surface area contributed by atoms with Gasteiger partial charge in [0.15, 0.2) is 5.13 Å². The summed E-state index contributed by atoms with van der Waals surface area (Å²) in [5, 5.41) is 8.80. The third-order valence-electron chi connectivity index (χ3n) is 3.29. The van der Waals surface area contributed by atoms with Crippen molar-refractivity contribution < 1.29 is 4.79 Å². The molecule has 3 aromatic rings. The molecule has 0 spiro atoms. The van der Waals surface area contributed by atoms with Crippen molar-refractivity contribution in [3.8, 4) is 0 Å². The summed E-state index contributed by atoms with van der Waals surface area (Å²) in [7, 11) is 0. The van der Waals surface area contributed by atoms with E-state index in [1.165, 1.54) is 11.3 Å². The number of thiazole rings is 1. The van der Waals surface area contributed by atoms with Crippen molar-refractivity contribution in [2.75, 3.05) is 10.6 Å². The molecule has 0 radical (unpaired) electrons. The highest BCUT2D eigenvalue weighted by Gasteiger charge is 2.12. The van der Waals surface area contributed by atoms with Gasteiger partial charge in [0.1, 0.15) is 11.5 Å². The molecule has 0 saturated carbocycles. The average Bonchev–Trinajstić information content (AvgIpc) is 2.99. The SMILES string of the molecule is Cc1cccc(Nc2nc(C(=O)Nc3ccc(C)c(Cl)c3)cs2)n1. The number of rotatable bonds is 4. The van der Waals surface area contributed by atoms with Crippen molar-refractivity contribution in [3.63, 3.8) is 0 Å². The smallest absolute Gasteiger partial charge is 0.275 e. The number of hydrogen-bond acceptors (Lipinski definition) is 5. The topological polar surface area (TPSA) is 66.9 Å². The molecule has 1 aromatic carbocycles. The minimum Gasteiger partial charge on any atom is -0.321 e. The molecule has 2 heterocycles. The fourth-order valence-corrected chi connectivity index (χ4v) is 2.90. The van der Waals surface area contributed by atoms with E-state index in [4.69, 9.17) is 11.6 Å². The number of anilines is 3. The first-order chi connectivity index (χ1) is 11.5. The Morgan fingerprint density at radius 3 is 2.75 bits per heavy atom. The van der Waals surface area contributed by atoms with Crippen LogP contribution in [0.15, 0.2) is 41.8 Å². The van der Waals surface area contributed by atoms with Crippen LogP contribution in [0.2, 0.25) is 5.02 Å². The summed E-state index contributed by atoms with van der Waals surface area (Å²) in [6, 6.07) is 11.1. The molecule has 2 N–H and O–H groups in total. The van der Waals surface area contributed by atoms with Gasteiger partial charge in [0.05, 0.1) is 0 Å². The van der Waals surface area contributed by atoms with Gasteiger partial charge in [-0.15, -0.1) is 11.3 Å². The van der Waals surface area contributed by atoms with E-state index in [-0.39, 0.29) is 5.91 Å². The van der Waals surface area contributed by atoms with Gasteiger partial charge < -0.3 is 10.6 Å². The maximum atomic E-state index is 12.3. The van der Waals surface area contributed by atoms with Crippen molar-refractivity contribution in [1.29, 1.82) is 0 Å². The van der Waals surface area contributed by atoms with Crippen molar-refractivity contribution in [2.45, 2.75) is 13.8 Å². The van der Waals surface area contributed by atoms with Crippen LogP contribution in [0.4, 0.5) is 16.6 Å². The van der Waals surface area contributed by atoms with E-state index < -0.39 is 0 Å². The molecular weight excluding hydrogens is 344 g/mol. The Hall–Kier alpha value is -2.44. The van der Waals surface area contributed by atoms with Gasteiger partial charge in [-0.05, 0) is 43.7 Å². The van der Waals surface area contributed by atoms with Crippen LogP contribution in [0.25, 0.3) is 0 Å². The molecule has 0 bridgehead atoms. The van der Waals surface area contributed by atoms with E-state index in [9.17, 15) is 4.79 Å². The monoisotopic (exact) mass is 358 g/mol. The second-order valence-corrected chi connectivity index (χ2v) is 6.51. The number of benzene rings is 1. The fourth-order valence-electron chi connectivity index (χ4n) is 2.02. The van der Waals surface area contributed by atoms with Gasteiger partial charge >= 0.3 is 0 Å². The molecule has 0 aliphatic carbocycles. The Labute approximate surface area is 148 Å². The molecule has 2 aromatic heterocycles. The molecule has 122 valence electrons. The Morgan fingerprint density at radius 2 is 2.00 bits per heavy atom. The van der Waals surface area contributed by atoms with Gasteiger partial charge in [-0.25, -0.2) is 9.97 Å². The highest BCUT2D eigenvalue weighted by Crippen LogP contribution is 2.23. The lowest BCUT2D eigenvalue weighted by atomic mass is 10.2. The molecule has 0 fully saturated rings. The highest BCUT2D eigenvalue weighted by atomic mass is 35.5. The van der Waals surface area contributed by atoms with Crippen molar-refractivity contribution >= 4 is 45.5 Å². The minimum absolute atomic E-state index is 0.281. The second-order valence-electron chi connectivity index (χ2n) is 5.25. The van der Waals surface area contributed by atoms with Crippen molar-refractivity contribution in [2.24, 2.45) is 0 Å². The Kier molecular flexibility index (Phi) is 4.78. The zero-order valence-electron chi connectivity index (χ0n) is 13.1. The van der Waals surface area contributed by atoms with Gasteiger partial charge in [-0.3, -0.25) is 4.79 Å². The zero-order chi connectivity index (χ0) is 17.1. The average molecular weight is 359 g/mol. The number of halogens is 1. The first kappa shape index (κ1) is 16.4. The van der Waals surface area contributed by atoms with E-state index in [1.807, 2.05) is 38.1 Å². The molecule has 0 saturated heterocycles. The van der Waals surface area contributed by atoms with Gasteiger partial charge in [0.25, 0.3) is 5.91 Å². The van der Waals surface area contributed by atoms with Crippen LogP contribution in [-0.4, -0.2) is 15.9 Å². The largest absolute Gasteiger partial charge is 0.321 e. The second kappa shape index (κ2) is 6.98. The maximum absolute atomic E-state index is 12.3. The number of hydrogen-bond donors (Lipinski definition) is 2. The highest BCUT2D eigenvalue weighted by molar-refractivity contribution is 7.14. The Balaban J connectivity index is 1.70. The van der Waals surface area contributed by atoms with Crippen molar-refractivity contribution in [1.82, 2.24) is 9.97 Å². The zero-order valence-corrected chi connectivity index (χ0v) is 14.7. The molecule has 0 unspecified atom stereocenters. The number of nitrogens with one attached hydrogen (secondary N) is 2. The number of carbonyl (C=O) groups is 1. The van der Waals surface area contributed by atoms with E-state index in [2.05, 4.69) is 20.6 Å². The van der Waals surface area contributed by atoms with Gasteiger partial charge in [0, 0.05) is 21.8 Å². The van der Waals surface area contributed by atoms with Gasteiger partial charge in [-0.2, -0.15) is 0 Å². The fraction of sp³-hybridized carbons (Fsp3) is 0.118. The lowest BCUT2D eigenvalue weighted by Gasteiger charge is -2.05. The van der Waals surface area contributed by atoms with Crippen molar-refractivity contribution in [3.05, 3.63) is 63.8 Å². The standard InChI is InChI=1S/C17H15ClN4OS/c1-10-6-7-12(8-13(10)18)20-16(23)14-9-24-17(21-14)22-15-5-3-4-11(2)19-15/h3-9H,1-2H3,(H,20,23)(H,19,21,22). The molecule has 0 aliphatic rings. The van der Waals surface area contributed by atoms with E-state index in [1.54, 1.807) is 17.5 Å². The first-order valence-electron chi connectivity index (χ1n) is 7.25. The van der Waals surface area contributed by atoms with Crippen LogP contribution in [0, 0.1) is 13.8 Å². The van der Waals surface area contributed by atoms with E-state index in [0.29, 0.717) is 27.4 Å². The summed E-state index contributed by atoms with van der Waals surface area (Å²) in [5.74, 6) is 0.415. The Morgan fingerprint density at radius 1 is 1.17 bits per heavy atom. The van der Waals surface area contributed by atoms with Crippen LogP contribution in [0.3, 0.4) is 0 Å². The number of amides is 1. The third-order valence-corrected chi connectivity index (χ3v) is 4.45. The number of carbonyl (C=O) groups excluding carboxylic acids is 1. The normalized spacial score (nSPS) is 10.5. The van der Waals surface area contributed by atoms with Crippen LogP contribution >= 0.6 is 22.9 Å². The summed E-state index contributed by atoms with van der Waals surface area (Å²) in [5.41, 5.74) is 2.84. The van der Waals surface area contributed by atoms with Crippen LogP contribution in [0.5, 0.6) is 0 Å². The first-order valence-corrected chi connectivity index (χ1v) is 8.51. The molecule has 5 nitrogen and oxygen atoms in total. The number of aryl methyl sites for hydroxylation is 2. The summed E-state index contributed by atoms with van der Waals surface area (Å²) in [4.78, 5) is 20.9. The summed E-state index contributed by atoms with van der Waals surface area (Å²) in [6.45, 7) is 3.82. The molecule has 24 heavy (non-hydrogen) atoms. The van der Waals surface area contributed by atoms with Gasteiger partial charge in [-0.1, -0.05) is 23.7 Å². The number of pyridine rings is 1. The van der Waals surface area contributed by atoms with Crippen LogP contribution in [0.1, 0.15) is 21.7 Å². The number of nitrogens with zero attached hydrogens (tertiary/aromatic N) is 2. The summed E-state index contributed by atoms with van der Waals surface area (Å²) >= 11 is 7.41. The van der Waals surface area contributed by atoms with E-state index in [0.717, 1.165) is 11.3 Å².